The summed E-state index contributed by atoms with van der Waals surface area (Å²) in [5, 5.41) is 6.07. The first-order valence-corrected chi connectivity index (χ1v) is 9.50. The van der Waals surface area contributed by atoms with E-state index in [2.05, 4.69) is 20.5 Å². The highest BCUT2D eigenvalue weighted by atomic mass is 32.2. The van der Waals surface area contributed by atoms with Crippen LogP contribution in [0, 0.1) is 0 Å². The molecule has 2 heterocycles. The number of carbonyl (C=O) groups is 1. The predicted octanol–water partition coefficient (Wildman–Crippen LogP) is -0.886. The van der Waals surface area contributed by atoms with Gasteiger partial charge in [-0.3, -0.25) is 9.78 Å². The number of nitrogens with one attached hydrogen (secondary N) is 2. The van der Waals surface area contributed by atoms with Gasteiger partial charge in [-0.05, 0) is 25.1 Å². The summed E-state index contributed by atoms with van der Waals surface area (Å²) in [5.41, 5.74) is 0. The smallest absolute Gasteiger partial charge is 0.244 e. The molecule has 134 valence electrons. The molecular formula is C15H25N5O3S. The van der Waals surface area contributed by atoms with Crippen molar-refractivity contribution in [3.8, 4) is 0 Å². The van der Waals surface area contributed by atoms with Gasteiger partial charge in [-0.2, -0.15) is 4.31 Å². The lowest BCUT2D eigenvalue weighted by atomic mass is 10.3. The highest BCUT2D eigenvalue weighted by Crippen LogP contribution is 2.11. The Hall–Kier alpha value is -1.55. The normalized spacial score (nSPS) is 16.2. The van der Waals surface area contributed by atoms with Crippen LogP contribution in [0.5, 0.6) is 0 Å². The summed E-state index contributed by atoms with van der Waals surface area (Å²) < 4.78 is 25.6. The number of amides is 1. The lowest BCUT2D eigenvalue weighted by Gasteiger charge is -2.27. The maximum atomic E-state index is 12.3. The van der Waals surface area contributed by atoms with Crippen LogP contribution in [0.25, 0.3) is 0 Å². The van der Waals surface area contributed by atoms with Crippen LogP contribution in [0.15, 0.2) is 29.4 Å². The summed E-state index contributed by atoms with van der Waals surface area (Å²) in [6, 6.07) is 3.02. The van der Waals surface area contributed by atoms with E-state index in [0.717, 1.165) is 43.4 Å². The van der Waals surface area contributed by atoms with Crippen LogP contribution in [0.3, 0.4) is 0 Å². The van der Waals surface area contributed by atoms with E-state index in [-0.39, 0.29) is 17.3 Å². The SMILES string of the molecule is CN(CC(=O)NCCCN1CCNCC1)S(=O)(=O)c1cccnc1. The highest BCUT2D eigenvalue weighted by molar-refractivity contribution is 7.89. The molecule has 0 saturated carbocycles. The maximum absolute atomic E-state index is 12.3. The Morgan fingerprint density at radius 2 is 2.17 bits per heavy atom. The van der Waals surface area contributed by atoms with E-state index in [9.17, 15) is 13.2 Å². The molecule has 0 spiro atoms. The lowest BCUT2D eigenvalue weighted by molar-refractivity contribution is -0.121. The Bertz CT molecular complexity index is 617. The van der Waals surface area contributed by atoms with Crippen LogP contribution in [0.2, 0.25) is 0 Å². The maximum Gasteiger partial charge on any atom is 0.244 e. The third-order valence-electron chi connectivity index (χ3n) is 3.89. The van der Waals surface area contributed by atoms with E-state index in [1.807, 2.05) is 0 Å². The van der Waals surface area contributed by atoms with E-state index in [0.29, 0.717) is 6.54 Å². The fourth-order valence-electron chi connectivity index (χ4n) is 2.49. The molecule has 1 aliphatic rings. The van der Waals surface area contributed by atoms with Crippen LogP contribution < -0.4 is 10.6 Å². The molecule has 2 rings (SSSR count). The van der Waals surface area contributed by atoms with Crippen LogP contribution in [0.1, 0.15) is 6.42 Å². The average Bonchev–Trinajstić information content (AvgIpc) is 2.60. The van der Waals surface area contributed by atoms with Crippen LogP contribution in [-0.4, -0.2) is 81.4 Å². The van der Waals surface area contributed by atoms with Gasteiger partial charge in [-0.25, -0.2) is 8.42 Å². The van der Waals surface area contributed by atoms with Crippen LogP contribution in [0.4, 0.5) is 0 Å². The van der Waals surface area contributed by atoms with Gasteiger partial charge < -0.3 is 15.5 Å². The van der Waals surface area contributed by atoms with Crippen molar-refractivity contribution in [2.24, 2.45) is 0 Å². The number of carbonyl (C=O) groups excluding carboxylic acids is 1. The minimum absolute atomic E-state index is 0.0824. The summed E-state index contributed by atoms with van der Waals surface area (Å²) >= 11 is 0. The molecule has 0 bridgehead atoms. The van der Waals surface area contributed by atoms with Gasteiger partial charge in [-0.1, -0.05) is 0 Å². The zero-order valence-corrected chi connectivity index (χ0v) is 14.8. The van der Waals surface area contributed by atoms with Gasteiger partial charge in [0, 0.05) is 52.2 Å². The van der Waals surface area contributed by atoms with Crippen LogP contribution >= 0.6 is 0 Å². The van der Waals surface area contributed by atoms with Crippen molar-refractivity contribution in [1.82, 2.24) is 24.8 Å². The number of piperazine rings is 1. The number of hydrogen-bond donors (Lipinski definition) is 2. The average molecular weight is 355 g/mol. The second kappa shape index (κ2) is 9.07. The molecule has 0 unspecified atom stereocenters. The Morgan fingerprint density at radius 1 is 1.42 bits per heavy atom. The number of pyridine rings is 1. The van der Waals surface area contributed by atoms with Gasteiger partial charge in [0.05, 0.1) is 6.54 Å². The molecule has 2 N–H and O–H groups in total. The van der Waals surface area contributed by atoms with Crippen LogP contribution in [-0.2, 0) is 14.8 Å². The van der Waals surface area contributed by atoms with Crippen molar-refractivity contribution < 1.29 is 13.2 Å². The molecule has 8 nitrogen and oxygen atoms in total. The van der Waals surface area contributed by atoms with Gasteiger partial charge in [-0.15, -0.1) is 0 Å². The molecule has 0 radical (unpaired) electrons. The monoisotopic (exact) mass is 355 g/mol. The predicted molar refractivity (Wildman–Crippen MR) is 91.0 cm³/mol. The Labute approximate surface area is 143 Å². The Kier molecular flexibility index (Phi) is 7.10. The molecule has 9 heteroatoms. The molecular weight excluding hydrogens is 330 g/mol. The molecule has 1 saturated heterocycles. The number of nitrogens with zero attached hydrogens (tertiary/aromatic N) is 3. The topological polar surface area (TPSA) is 94.6 Å². The molecule has 1 amide bonds. The lowest BCUT2D eigenvalue weighted by Crippen LogP contribution is -2.44. The largest absolute Gasteiger partial charge is 0.355 e. The fraction of sp³-hybridized carbons (Fsp3) is 0.600. The zero-order chi connectivity index (χ0) is 17.4. The van der Waals surface area contributed by atoms with Gasteiger partial charge in [0.2, 0.25) is 15.9 Å². The molecule has 1 aromatic heterocycles. The molecule has 24 heavy (non-hydrogen) atoms. The van der Waals surface area contributed by atoms with Gasteiger partial charge in [0.25, 0.3) is 0 Å². The van der Waals surface area contributed by atoms with Crippen molar-refractivity contribution in [2.45, 2.75) is 11.3 Å². The second-order valence-corrected chi connectivity index (χ2v) is 7.79. The molecule has 1 fully saturated rings. The van der Waals surface area contributed by atoms with Crippen molar-refractivity contribution in [2.75, 3.05) is 52.9 Å². The summed E-state index contributed by atoms with van der Waals surface area (Å²) in [6.07, 6.45) is 3.63. The standard InChI is InChI=1S/C15H25N5O3S/c1-19(24(22,23)14-4-2-5-17-12-14)13-15(21)18-6-3-9-20-10-7-16-8-11-20/h2,4-5,12,16H,3,6-11,13H2,1H3,(H,18,21). The van der Waals surface area contributed by atoms with Crippen molar-refractivity contribution in [1.29, 1.82) is 0 Å². The highest BCUT2D eigenvalue weighted by Gasteiger charge is 2.22. The third-order valence-corrected chi connectivity index (χ3v) is 5.68. The summed E-state index contributed by atoms with van der Waals surface area (Å²) in [5.74, 6) is -0.301. The number of likely N-dealkylation sites (N-methyl/N-ethyl adjacent to an activating group) is 1. The molecule has 1 aromatic rings. The van der Waals surface area contributed by atoms with E-state index < -0.39 is 10.0 Å². The first-order valence-electron chi connectivity index (χ1n) is 8.06. The minimum atomic E-state index is -3.69. The van der Waals surface area contributed by atoms with Crippen molar-refractivity contribution >= 4 is 15.9 Å². The van der Waals surface area contributed by atoms with E-state index in [1.54, 1.807) is 6.07 Å². The zero-order valence-electron chi connectivity index (χ0n) is 13.9. The molecule has 0 aliphatic carbocycles. The van der Waals surface area contributed by atoms with Crippen molar-refractivity contribution in [3.05, 3.63) is 24.5 Å². The summed E-state index contributed by atoms with van der Waals surface area (Å²) in [6.45, 7) is 5.34. The van der Waals surface area contributed by atoms with E-state index in [1.165, 1.54) is 25.5 Å². The number of aromatic nitrogens is 1. The number of hydrogen-bond acceptors (Lipinski definition) is 6. The third kappa shape index (κ3) is 5.52. The van der Waals surface area contributed by atoms with Gasteiger partial charge in [0.15, 0.2) is 0 Å². The summed E-state index contributed by atoms with van der Waals surface area (Å²) in [7, 11) is -2.30. The molecule has 0 aromatic carbocycles. The van der Waals surface area contributed by atoms with Gasteiger partial charge >= 0.3 is 0 Å². The number of rotatable bonds is 8. The first kappa shape index (κ1) is 18.8. The van der Waals surface area contributed by atoms with Gasteiger partial charge in [0.1, 0.15) is 4.90 Å². The quantitative estimate of drug-likeness (QED) is 0.588. The van der Waals surface area contributed by atoms with E-state index in [4.69, 9.17) is 0 Å². The first-order chi connectivity index (χ1) is 11.5. The van der Waals surface area contributed by atoms with E-state index >= 15 is 0 Å². The summed E-state index contributed by atoms with van der Waals surface area (Å²) in [4.78, 5) is 18.2. The minimum Gasteiger partial charge on any atom is -0.355 e. The number of sulfonamides is 1. The second-order valence-electron chi connectivity index (χ2n) is 5.74. The molecule has 1 aliphatic heterocycles. The fourth-order valence-corrected chi connectivity index (χ4v) is 3.58. The van der Waals surface area contributed by atoms with Crippen molar-refractivity contribution in [3.63, 3.8) is 0 Å². The molecule has 0 atom stereocenters. The Morgan fingerprint density at radius 3 is 2.83 bits per heavy atom. The Balaban J connectivity index is 1.71.